The molecular weight excluding hydrogens is 578 g/mol. The Bertz CT molecular complexity index is 1670. The van der Waals surface area contributed by atoms with Crippen molar-refractivity contribution in [3.8, 4) is 16.9 Å². The maximum atomic E-state index is 14.0. The van der Waals surface area contributed by atoms with Crippen molar-refractivity contribution in [3.05, 3.63) is 80.3 Å². The van der Waals surface area contributed by atoms with Crippen molar-refractivity contribution in [1.82, 2.24) is 10.3 Å². The Hall–Kier alpha value is -3.62. The van der Waals surface area contributed by atoms with Gasteiger partial charge in [-0.1, -0.05) is 18.2 Å². The third-order valence-corrected chi connectivity index (χ3v) is 10.6. The first-order chi connectivity index (χ1) is 22.0. The van der Waals surface area contributed by atoms with Crippen LogP contribution < -0.4 is 20.5 Å². The molecule has 1 unspecified atom stereocenters. The lowest BCUT2D eigenvalue weighted by atomic mass is 9.75. The number of rotatable bonds is 8. The number of anilines is 1. The molecule has 1 atom stereocenters. The summed E-state index contributed by atoms with van der Waals surface area (Å²) in [6, 6.07) is 13.3. The quantitative estimate of drug-likeness (QED) is 0.301. The number of aromatic amines is 1. The van der Waals surface area contributed by atoms with Crippen LogP contribution in [-0.2, 0) is 27.9 Å². The van der Waals surface area contributed by atoms with Crippen molar-refractivity contribution in [2.45, 2.75) is 96.7 Å². The molecule has 0 radical (unpaired) electrons. The molecule has 2 aliphatic heterocycles. The number of hydrogen-bond acceptors (Lipinski definition) is 6. The van der Waals surface area contributed by atoms with E-state index in [0.29, 0.717) is 35.2 Å². The van der Waals surface area contributed by atoms with Crippen LogP contribution in [0.15, 0.2) is 41.2 Å². The monoisotopic (exact) mass is 627 g/mol. The maximum absolute atomic E-state index is 14.0. The first-order valence-electron chi connectivity index (χ1n) is 16.9. The number of H-pyrrole nitrogens is 1. The number of carbonyl (C=O) groups is 1. The van der Waals surface area contributed by atoms with Crippen LogP contribution >= 0.6 is 0 Å². The van der Waals surface area contributed by atoms with Gasteiger partial charge in [-0.05, 0) is 119 Å². The van der Waals surface area contributed by atoms with E-state index in [9.17, 15) is 9.59 Å². The predicted octanol–water partition coefficient (Wildman–Crippen LogP) is 6.38. The van der Waals surface area contributed by atoms with E-state index < -0.39 is 0 Å². The summed E-state index contributed by atoms with van der Waals surface area (Å²) in [6.07, 6.45) is 6.25. The van der Waals surface area contributed by atoms with Crippen molar-refractivity contribution in [1.29, 1.82) is 0 Å². The molecule has 0 saturated carbocycles. The minimum absolute atomic E-state index is 0.0624. The molecule has 0 bridgehead atoms. The molecule has 1 aliphatic carbocycles. The zero-order chi connectivity index (χ0) is 32.6. The highest BCUT2D eigenvalue weighted by Gasteiger charge is 2.40. The van der Waals surface area contributed by atoms with Crippen molar-refractivity contribution < 1.29 is 19.0 Å². The van der Waals surface area contributed by atoms with Crippen molar-refractivity contribution in [2.24, 2.45) is 0 Å². The number of nitrogens with zero attached hydrogens (tertiary/aromatic N) is 1. The third kappa shape index (κ3) is 6.21. The summed E-state index contributed by atoms with van der Waals surface area (Å²) in [6.45, 7) is 13.6. The maximum Gasteiger partial charge on any atom is 0.256 e. The van der Waals surface area contributed by atoms with E-state index in [4.69, 9.17) is 14.2 Å². The molecule has 1 spiro atoms. The molecule has 246 valence electrons. The number of hydrogen-bond donors (Lipinski definition) is 2. The summed E-state index contributed by atoms with van der Waals surface area (Å²) >= 11 is 0. The van der Waals surface area contributed by atoms with Gasteiger partial charge in [-0.25, -0.2) is 0 Å². The summed E-state index contributed by atoms with van der Waals surface area (Å²) in [4.78, 5) is 32.1. The van der Waals surface area contributed by atoms with Gasteiger partial charge in [-0.3, -0.25) is 9.59 Å². The van der Waals surface area contributed by atoms with E-state index in [2.05, 4.69) is 60.2 Å². The summed E-state index contributed by atoms with van der Waals surface area (Å²) in [5.74, 6) is 0.251. The van der Waals surface area contributed by atoms with Gasteiger partial charge in [0.15, 0.2) is 0 Å². The Kier molecular flexibility index (Phi) is 9.05. The summed E-state index contributed by atoms with van der Waals surface area (Å²) in [7, 11) is 1.54. The fourth-order valence-electron chi connectivity index (χ4n) is 8.08. The van der Waals surface area contributed by atoms with Gasteiger partial charge < -0.3 is 29.4 Å². The van der Waals surface area contributed by atoms with Crippen LogP contribution in [0, 0.1) is 13.8 Å². The van der Waals surface area contributed by atoms with Gasteiger partial charge in [-0.15, -0.1) is 0 Å². The molecule has 1 aromatic heterocycles. The number of ether oxygens (including phenoxy) is 3. The van der Waals surface area contributed by atoms with Crippen molar-refractivity contribution in [2.75, 3.05) is 38.4 Å². The number of aromatic nitrogens is 1. The number of nitrogens with one attached hydrogen (secondary N) is 2. The van der Waals surface area contributed by atoms with E-state index in [0.717, 1.165) is 74.2 Å². The number of methoxy groups -OCH3 is 1. The lowest BCUT2D eigenvalue weighted by Gasteiger charge is -2.42. The zero-order valence-corrected chi connectivity index (χ0v) is 28.3. The summed E-state index contributed by atoms with van der Waals surface area (Å²) in [5, 5.41) is 3.04. The number of amides is 1. The van der Waals surface area contributed by atoms with Crippen LogP contribution in [0.25, 0.3) is 11.1 Å². The molecule has 2 fully saturated rings. The van der Waals surface area contributed by atoms with E-state index in [1.165, 1.54) is 24.7 Å². The van der Waals surface area contributed by atoms with Gasteiger partial charge in [-0.2, -0.15) is 0 Å². The lowest BCUT2D eigenvalue weighted by molar-refractivity contribution is -0.0588. The fourth-order valence-corrected chi connectivity index (χ4v) is 8.08. The normalized spacial score (nSPS) is 19.9. The Morgan fingerprint density at radius 3 is 2.57 bits per heavy atom. The Morgan fingerprint density at radius 1 is 1.07 bits per heavy atom. The van der Waals surface area contributed by atoms with E-state index in [-0.39, 0.29) is 29.0 Å². The Labute approximate surface area is 272 Å². The lowest BCUT2D eigenvalue weighted by Crippen LogP contribution is -2.46. The van der Waals surface area contributed by atoms with E-state index in [1.54, 1.807) is 6.07 Å². The van der Waals surface area contributed by atoms with Gasteiger partial charge in [0.25, 0.3) is 11.5 Å². The Morgan fingerprint density at radius 2 is 1.85 bits per heavy atom. The van der Waals surface area contributed by atoms with Gasteiger partial charge >= 0.3 is 0 Å². The number of pyridine rings is 1. The largest absolute Gasteiger partial charge is 0.496 e. The first-order valence-corrected chi connectivity index (χ1v) is 16.9. The number of carbonyl (C=O) groups excluding carboxylic acids is 1. The molecule has 8 heteroatoms. The van der Waals surface area contributed by atoms with Crippen LogP contribution in [0.1, 0.15) is 91.2 Å². The van der Waals surface area contributed by atoms with Crippen LogP contribution in [0.4, 0.5) is 5.69 Å². The summed E-state index contributed by atoms with van der Waals surface area (Å²) in [5.41, 5.74) is 8.52. The standard InChI is InChI=1S/C38H49N3O5/c1-7-41(29-11-15-46-37(4,5)22-29)33-21-28(26-8-9-32-27(19-26)10-12-38(32)13-16-45-17-14-38)20-30(25(33)3)35(42)39-23-31-34(44-6)18-24(2)40-36(31)43/h8-9,18-21,29H,7,10-17,22-23H2,1-6H3,(H,39,42)(H,40,43). The second-order valence-electron chi connectivity index (χ2n) is 14.0. The molecule has 3 aromatic rings. The highest BCUT2D eigenvalue weighted by Crippen LogP contribution is 2.47. The zero-order valence-electron chi connectivity index (χ0n) is 28.3. The molecule has 3 heterocycles. The minimum atomic E-state index is -0.261. The molecular formula is C38H49N3O5. The Balaban J connectivity index is 1.39. The smallest absolute Gasteiger partial charge is 0.256 e. The number of aryl methyl sites for hydroxylation is 2. The SMILES string of the molecule is CCN(c1cc(-c2ccc3c(c2)CCC32CCOCC2)cc(C(=O)NCc2c(OC)cc(C)[nH]c2=O)c1C)C1CCOC(C)(C)C1. The highest BCUT2D eigenvalue weighted by molar-refractivity contribution is 5.99. The van der Waals surface area contributed by atoms with Gasteiger partial charge in [0.1, 0.15) is 5.75 Å². The molecule has 2 saturated heterocycles. The van der Waals surface area contributed by atoms with Crippen LogP contribution in [0.5, 0.6) is 5.75 Å². The predicted molar refractivity (Wildman–Crippen MR) is 182 cm³/mol. The number of benzene rings is 2. The third-order valence-electron chi connectivity index (χ3n) is 10.6. The highest BCUT2D eigenvalue weighted by atomic mass is 16.5. The van der Waals surface area contributed by atoms with Crippen LogP contribution in [0.3, 0.4) is 0 Å². The van der Waals surface area contributed by atoms with Gasteiger partial charge in [0.2, 0.25) is 0 Å². The topological polar surface area (TPSA) is 92.9 Å². The average molecular weight is 628 g/mol. The molecule has 2 N–H and O–H groups in total. The average Bonchev–Trinajstić information content (AvgIpc) is 3.37. The van der Waals surface area contributed by atoms with Crippen LogP contribution in [0.2, 0.25) is 0 Å². The minimum Gasteiger partial charge on any atom is -0.496 e. The van der Waals surface area contributed by atoms with Crippen molar-refractivity contribution in [3.63, 3.8) is 0 Å². The first kappa shape index (κ1) is 32.3. The molecule has 46 heavy (non-hydrogen) atoms. The molecule has 2 aromatic carbocycles. The van der Waals surface area contributed by atoms with Crippen molar-refractivity contribution >= 4 is 11.6 Å². The van der Waals surface area contributed by atoms with Gasteiger partial charge in [0.05, 0.1) is 24.8 Å². The summed E-state index contributed by atoms with van der Waals surface area (Å²) < 4.78 is 17.3. The second kappa shape index (κ2) is 12.9. The fraction of sp³-hybridized carbons (Fsp3) is 0.526. The molecule has 3 aliphatic rings. The molecule has 6 rings (SSSR count). The van der Waals surface area contributed by atoms with E-state index in [1.807, 2.05) is 19.9 Å². The molecule has 1 amide bonds. The van der Waals surface area contributed by atoms with Crippen LogP contribution in [-0.4, -0.2) is 56.0 Å². The van der Waals surface area contributed by atoms with Gasteiger partial charge in [0, 0.05) is 54.8 Å². The van der Waals surface area contributed by atoms with E-state index >= 15 is 0 Å². The molecule has 8 nitrogen and oxygen atoms in total. The second-order valence-corrected chi connectivity index (χ2v) is 14.0. The number of fused-ring (bicyclic) bond motifs is 2.